The molecule has 1 fully saturated rings. The number of aryl methyl sites for hydroxylation is 1. The number of ether oxygens (including phenoxy) is 1. The molecule has 2 aromatic carbocycles. The van der Waals surface area contributed by atoms with Crippen LogP contribution in [-0.2, 0) is 37.3 Å². The Morgan fingerprint density at radius 3 is 2.24 bits per heavy atom. The lowest BCUT2D eigenvalue weighted by atomic mass is 10.1. The van der Waals surface area contributed by atoms with E-state index >= 15 is 0 Å². The molecule has 1 amide bonds. The molecule has 0 radical (unpaired) electrons. The molecule has 8 heteroatoms. The SMILES string of the molecule is COC(=O)[C@H](C)CN(Cc1ccccc1)C(=O)CCc1ccc(S(=O)(=O)N2CCCCC2)cc1. The fourth-order valence-corrected chi connectivity index (χ4v) is 5.67. The molecule has 1 atom stereocenters. The van der Waals surface area contributed by atoms with Crippen molar-refractivity contribution in [3.05, 3.63) is 65.7 Å². The van der Waals surface area contributed by atoms with Crippen LogP contribution in [0.4, 0.5) is 0 Å². The summed E-state index contributed by atoms with van der Waals surface area (Å²) in [6.07, 6.45) is 3.61. The predicted molar refractivity (Wildman–Crippen MR) is 130 cm³/mol. The quantitative estimate of drug-likeness (QED) is 0.479. The van der Waals surface area contributed by atoms with E-state index < -0.39 is 15.9 Å². The van der Waals surface area contributed by atoms with E-state index in [0.717, 1.165) is 30.4 Å². The molecule has 1 aliphatic heterocycles. The summed E-state index contributed by atoms with van der Waals surface area (Å²) >= 11 is 0. The molecule has 0 saturated carbocycles. The molecule has 0 bridgehead atoms. The Bertz CT molecular complexity index is 1050. The van der Waals surface area contributed by atoms with Crippen molar-refractivity contribution in [2.45, 2.75) is 50.5 Å². The van der Waals surface area contributed by atoms with Gasteiger partial charge < -0.3 is 9.64 Å². The maximum atomic E-state index is 13.1. The zero-order valence-electron chi connectivity index (χ0n) is 20.0. The predicted octanol–water partition coefficient (Wildman–Crippen LogP) is 3.63. The average molecular weight is 487 g/mol. The van der Waals surface area contributed by atoms with Gasteiger partial charge in [0.1, 0.15) is 0 Å². The van der Waals surface area contributed by atoms with Crippen molar-refractivity contribution < 1.29 is 22.7 Å². The molecule has 0 spiro atoms. The second-order valence-corrected chi connectivity index (χ2v) is 10.7. The number of rotatable bonds is 10. The maximum absolute atomic E-state index is 13.1. The van der Waals surface area contributed by atoms with E-state index in [2.05, 4.69) is 0 Å². The average Bonchev–Trinajstić information content (AvgIpc) is 2.87. The maximum Gasteiger partial charge on any atom is 0.310 e. The first-order chi connectivity index (χ1) is 16.3. The standard InChI is InChI=1S/C26H34N2O5S/c1-21(26(30)33-2)19-27(20-23-9-5-3-6-10-23)25(29)16-13-22-11-14-24(15-12-22)34(31,32)28-17-7-4-8-18-28/h3,5-6,9-12,14-15,21H,4,7-8,13,16-20H2,1-2H3/t21-/m1/s1. The van der Waals surface area contributed by atoms with Gasteiger partial charge in [-0.05, 0) is 42.5 Å². The molecule has 7 nitrogen and oxygen atoms in total. The molecule has 0 aromatic heterocycles. The van der Waals surface area contributed by atoms with Gasteiger partial charge in [-0.1, -0.05) is 55.8 Å². The minimum atomic E-state index is -3.47. The highest BCUT2D eigenvalue weighted by Gasteiger charge is 2.26. The molecular weight excluding hydrogens is 452 g/mol. The zero-order valence-corrected chi connectivity index (χ0v) is 20.8. The number of carbonyl (C=O) groups excluding carboxylic acids is 2. The Labute approximate surface area is 202 Å². The molecular formula is C26H34N2O5S. The summed E-state index contributed by atoms with van der Waals surface area (Å²) in [7, 11) is -2.12. The van der Waals surface area contributed by atoms with Crippen molar-refractivity contribution in [3.63, 3.8) is 0 Å². The number of esters is 1. The number of methoxy groups -OCH3 is 1. The highest BCUT2D eigenvalue weighted by atomic mass is 32.2. The minimum Gasteiger partial charge on any atom is -0.469 e. The van der Waals surface area contributed by atoms with Gasteiger partial charge in [0, 0.05) is 32.6 Å². The molecule has 0 unspecified atom stereocenters. The number of benzene rings is 2. The molecule has 1 saturated heterocycles. The van der Waals surface area contributed by atoms with E-state index in [0.29, 0.717) is 31.0 Å². The summed E-state index contributed by atoms with van der Waals surface area (Å²) in [5, 5.41) is 0. The topological polar surface area (TPSA) is 84.0 Å². The second-order valence-electron chi connectivity index (χ2n) is 8.79. The first-order valence-corrected chi connectivity index (χ1v) is 13.2. The number of sulfonamides is 1. The number of hydrogen-bond acceptors (Lipinski definition) is 5. The number of carbonyl (C=O) groups is 2. The summed E-state index contributed by atoms with van der Waals surface area (Å²) < 4.78 is 32.1. The monoisotopic (exact) mass is 486 g/mol. The van der Waals surface area contributed by atoms with Crippen LogP contribution < -0.4 is 0 Å². The highest BCUT2D eigenvalue weighted by Crippen LogP contribution is 2.21. The molecule has 1 aliphatic rings. The summed E-state index contributed by atoms with van der Waals surface area (Å²) in [6, 6.07) is 16.5. The Kier molecular flexibility index (Phi) is 9.24. The molecule has 2 aromatic rings. The summed E-state index contributed by atoms with van der Waals surface area (Å²) in [5.41, 5.74) is 1.88. The van der Waals surface area contributed by atoms with E-state index in [1.165, 1.54) is 7.11 Å². The Hall–Kier alpha value is -2.71. The van der Waals surface area contributed by atoms with Gasteiger partial charge >= 0.3 is 5.97 Å². The fraction of sp³-hybridized carbons (Fsp3) is 0.462. The van der Waals surface area contributed by atoms with E-state index in [1.807, 2.05) is 30.3 Å². The first-order valence-electron chi connectivity index (χ1n) is 11.8. The van der Waals surface area contributed by atoms with Crippen LogP contribution in [0.2, 0.25) is 0 Å². The second kappa shape index (κ2) is 12.1. The Morgan fingerprint density at radius 1 is 0.971 bits per heavy atom. The summed E-state index contributed by atoms with van der Waals surface area (Å²) in [4.78, 5) is 27.0. The van der Waals surface area contributed by atoms with Gasteiger partial charge in [-0.15, -0.1) is 0 Å². The molecule has 1 heterocycles. The summed E-state index contributed by atoms with van der Waals surface area (Å²) in [5.74, 6) is -0.849. The lowest BCUT2D eigenvalue weighted by Gasteiger charge is -2.26. The minimum absolute atomic E-state index is 0.0652. The molecule has 184 valence electrons. The van der Waals surface area contributed by atoms with Crippen molar-refractivity contribution in [2.75, 3.05) is 26.7 Å². The summed E-state index contributed by atoms with van der Waals surface area (Å²) in [6.45, 7) is 3.57. The van der Waals surface area contributed by atoms with Gasteiger partial charge in [0.2, 0.25) is 15.9 Å². The molecule has 0 aliphatic carbocycles. The van der Waals surface area contributed by atoms with Crippen molar-refractivity contribution in [3.8, 4) is 0 Å². The van der Waals surface area contributed by atoms with E-state index in [9.17, 15) is 18.0 Å². The van der Waals surface area contributed by atoms with Crippen LogP contribution in [0, 0.1) is 5.92 Å². The number of piperidine rings is 1. The lowest BCUT2D eigenvalue weighted by molar-refractivity contribution is -0.146. The molecule has 0 N–H and O–H groups in total. The highest BCUT2D eigenvalue weighted by molar-refractivity contribution is 7.89. The fourth-order valence-electron chi connectivity index (χ4n) is 4.16. The zero-order chi connectivity index (χ0) is 24.6. The van der Waals surface area contributed by atoms with Crippen LogP contribution in [0.5, 0.6) is 0 Å². The third kappa shape index (κ3) is 6.90. The number of amides is 1. The van der Waals surface area contributed by atoms with Crippen LogP contribution in [0.15, 0.2) is 59.5 Å². The van der Waals surface area contributed by atoms with Crippen molar-refractivity contribution in [1.29, 1.82) is 0 Å². The Morgan fingerprint density at radius 2 is 1.62 bits per heavy atom. The van der Waals surface area contributed by atoms with Gasteiger partial charge in [0.15, 0.2) is 0 Å². The largest absolute Gasteiger partial charge is 0.469 e. The van der Waals surface area contributed by atoms with Crippen molar-refractivity contribution in [1.82, 2.24) is 9.21 Å². The number of hydrogen-bond donors (Lipinski definition) is 0. The molecule has 34 heavy (non-hydrogen) atoms. The van der Waals surface area contributed by atoms with E-state index in [4.69, 9.17) is 4.74 Å². The number of nitrogens with zero attached hydrogens (tertiary/aromatic N) is 2. The normalized spacial score (nSPS) is 15.5. The first kappa shape index (κ1) is 25.9. The lowest BCUT2D eigenvalue weighted by Crippen LogP contribution is -2.37. The van der Waals surface area contributed by atoms with Crippen LogP contribution in [0.3, 0.4) is 0 Å². The van der Waals surface area contributed by atoms with Gasteiger partial charge in [-0.2, -0.15) is 4.31 Å². The van der Waals surface area contributed by atoms with Crippen molar-refractivity contribution in [2.24, 2.45) is 5.92 Å². The van der Waals surface area contributed by atoms with Gasteiger partial charge in [-0.3, -0.25) is 9.59 Å². The molecule has 3 rings (SSSR count). The van der Waals surface area contributed by atoms with Gasteiger partial charge in [0.25, 0.3) is 0 Å². The van der Waals surface area contributed by atoms with Crippen LogP contribution >= 0.6 is 0 Å². The van der Waals surface area contributed by atoms with Crippen molar-refractivity contribution >= 4 is 21.9 Å². The van der Waals surface area contributed by atoms with E-state index in [-0.39, 0.29) is 24.8 Å². The van der Waals surface area contributed by atoms with E-state index in [1.54, 1.807) is 40.4 Å². The van der Waals surface area contributed by atoms with Crippen LogP contribution in [0.25, 0.3) is 0 Å². The third-order valence-corrected chi connectivity index (χ3v) is 8.08. The smallest absolute Gasteiger partial charge is 0.310 e. The van der Waals surface area contributed by atoms with Crippen LogP contribution in [0.1, 0.15) is 43.7 Å². The Balaban J connectivity index is 1.64. The van der Waals surface area contributed by atoms with Gasteiger partial charge in [0.05, 0.1) is 17.9 Å². The third-order valence-electron chi connectivity index (χ3n) is 6.17. The van der Waals surface area contributed by atoms with Crippen LogP contribution in [-0.4, -0.2) is 56.2 Å². The van der Waals surface area contributed by atoms with Gasteiger partial charge in [-0.25, -0.2) is 8.42 Å².